The van der Waals surface area contributed by atoms with Gasteiger partial charge in [0.2, 0.25) is 0 Å². The van der Waals surface area contributed by atoms with Crippen molar-refractivity contribution in [2.75, 3.05) is 0 Å². The van der Waals surface area contributed by atoms with Gasteiger partial charge in [-0.2, -0.15) is 10.4 Å². The second-order valence-corrected chi connectivity index (χ2v) is 6.68. The average Bonchev–Trinajstić information content (AvgIpc) is 2.96. The van der Waals surface area contributed by atoms with Crippen molar-refractivity contribution >= 4 is 21.8 Å². The number of aromatic nitrogens is 3. The smallest absolute Gasteiger partial charge is 0.291 e. The maximum atomic E-state index is 13.1. The first kappa shape index (κ1) is 16.1. The molecule has 0 bridgehead atoms. The summed E-state index contributed by atoms with van der Waals surface area (Å²) in [6, 6.07) is 17.4. The van der Waals surface area contributed by atoms with Gasteiger partial charge in [0.1, 0.15) is 11.2 Å². The van der Waals surface area contributed by atoms with Gasteiger partial charge in [0.05, 0.1) is 17.7 Å². The first-order chi connectivity index (χ1) is 12.5. The van der Waals surface area contributed by atoms with E-state index in [9.17, 15) is 10.1 Å². The molecule has 2 heterocycles. The summed E-state index contributed by atoms with van der Waals surface area (Å²) >= 11 is 0. The Labute approximate surface area is 150 Å². The molecule has 0 fully saturated rings. The summed E-state index contributed by atoms with van der Waals surface area (Å²) in [6.07, 6.45) is 0. The average molecular weight is 342 g/mol. The molecule has 2 aromatic heterocycles. The topological polar surface area (TPSA) is 63.6 Å². The molecule has 128 valence electrons. The summed E-state index contributed by atoms with van der Waals surface area (Å²) in [5, 5.41) is 15.8. The summed E-state index contributed by atoms with van der Waals surface area (Å²) in [5.74, 6) is 0. The number of benzene rings is 2. The van der Waals surface area contributed by atoms with Crippen molar-refractivity contribution in [2.45, 2.75) is 19.9 Å². The molecule has 5 nitrogen and oxygen atoms in total. The Bertz CT molecular complexity index is 1250. The van der Waals surface area contributed by atoms with Crippen LogP contribution in [0.25, 0.3) is 33.1 Å². The lowest BCUT2D eigenvalue weighted by Crippen LogP contribution is -2.26. The van der Waals surface area contributed by atoms with Gasteiger partial charge in [0.25, 0.3) is 5.56 Å². The molecule has 0 unspecified atom stereocenters. The maximum absolute atomic E-state index is 13.1. The van der Waals surface area contributed by atoms with Gasteiger partial charge in [-0.1, -0.05) is 30.3 Å². The van der Waals surface area contributed by atoms with E-state index in [-0.39, 0.29) is 11.6 Å². The first-order valence-corrected chi connectivity index (χ1v) is 8.53. The highest BCUT2D eigenvalue weighted by Gasteiger charge is 2.20. The monoisotopic (exact) mass is 342 g/mol. The van der Waals surface area contributed by atoms with Crippen LogP contribution in [0.5, 0.6) is 0 Å². The molecule has 0 N–H and O–H groups in total. The second-order valence-electron chi connectivity index (χ2n) is 6.68. The number of hydrogen-bond acceptors (Lipinski definition) is 3. The van der Waals surface area contributed by atoms with Crippen LogP contribution in [0.1, 0.15) is 25.5 Å². The van der Waals surface area contributed by atoms with Gasteiger partial charge in [-0.25, -0.2) is 4.68 Å². The summed E-state index contributed by atoms with van der Waals surface area (Å²) in [6.45, 7) is 3.89. The molecule has 0 aliphatic rings. The van der Waals surface area contributed by atoms with Gasteiger partial charge in [-0.15, -0.1) is 0 Å². The summed E-state index contributed by atoms with van der Waals surface area (Å²) in [5.41, 5.74) is 3.64. The fraction of sp³-hybridized carbons (Fsp3) is 0.190. The predicted octanol–water partition coefficient (Wildman–Crippen LogP) is 4.01. The van der Waals surface area contributed by atoms with Crippen molar-refractivity contribution in [1.29, 1.82) is 5.26 Å². The molecule has 4 aromatic rings. The van der Waals surface area contributed by atoms with Crippen LogP contribution in [0, 0.1) is 11.3 Å². The van der Waals surface area contributed by atoms with E-state index < -0.39 is 0 Å². The maximum Gasteiger partial charge on any atom is 0.291 e. The van der Waals surface area contributed by atoms with E-state index in [1.165, 1.54) is 4.68 Å². The number of nitrogens with zero attached hydrogens (tertiary/aromatic N) is 4. The van der Waals surface area contributed by atoms with Crippen molar-refractivity contribution in [1.82, 2.24) is 14.3 Å². The van der Waals surface area contributed by atoms with Crippen LogP contribution >= 0.6 is 0 Å². The van der Waals surface area contributed by atoms with E-state index in [0.29, 0.717) is 11.1 Å². The first-order valence-electron chi connectivity index (χ1n) is 8.53. The SMILES string of the molecule is CC(C)n1nc(-c2cccc(C#N)c2)c2c3ccccc3n(C)c2c1=O. The van der Waals surface area contributed by atoms with Crippen molar-refractivity contribution in [3.63, 3.8) is 0 Å². The second kappa shape index (κ2) is 5.85. The number of nitriles is 1. The Hall–Kier alpha value is -3.39. The third kappa shape index (κ3) is 2.23. The molecular formula is C21H18N4O. The highest BCUT2D eigenvalue weighted by molar-refractivity contribution is 6.13. The Morgan fingerprint density at radius 1 is 1.12 bits per heavy atom. The minimum absolute atomic E-state index is 0.0668. The largest absolute Gasteiger partial charge is 0.339 e. The van der Waals surface area contributed by atoms with Crippen molar-refractivity contribution in [3.05, 3.63) is 64.4 Å². The lowest BCUT2D eigenvalue weighted by molar-refractivity contribution is 0.508. The minimum Gasteiger partial charge on any atom is -0.339 e. The third-order valence-corrected chi connectivity index (χ3v) is 4.72. The zero-order valence-corrected chi connectivity index (χ0v) is 14.9. The Morgan fingerprint density at radius 3 is 2.62 bits per heavy atom. The number of hydrogen-bond donors (Lipinski definition) is 0. The van der Waals surface area contributed by atoms with E-state index in [2.05, 4.69) is 6.07 Å². The van der Waals surface area contributed by atoms with Gasteiger partial charge in [-0.05, 0) is 32.0 Å². The number of para-hydroxylation sites is 1. The molecule has 4 rings (SSSR count). The molecule has 0 spiro atoms. The molecule has 2 aromatic carbocycles. The van der Waals surface area contributed by atoms with Crippen molar-refractivity contribution < 1.29 is 0 Å². The Balaban J connectivity index is 2.25. The molecule has 0 aliphatic carbocycles. The highest BCUT2D eigenvalue weighted by atomic mass is 16.1. The number of rotatable bonds is 2. The molecule has 0 aliphatic heterocycles. The molecule has 5 heteroatoms. The molecule has 0 radical (unpaired) electrons. The fourth-order valence-electron chi connectivity index (χ4n) is 3.48. The molecule has 0 atom stereocenters. The van der Waals surface area contributed by atoms with E-state index in [1.54, 1.807) is 6.07 Å². The van der Waals surface area contributed by atoms with Crippen LogP contribution in [0.4, 0.5) is 0 Å². The highest BCUT2D eigenvalue weighted by Crippen LogP contribution is 2.33. The van der Waals surface area contributed by atoms with Crippen LogP contribution < -0.4 is 5.56 Å². The van der Waals surface area contributed by atoms with E-state index in [1.807, 2.05) is 67.9 Å². The molecular weight excluding hydrogens is 324 g/mol. The number of fused-ring (bicyclic) bond motifs is 3. The molecule has 0 saturated heterocycles. The minimum atomic E-state index is -0.103. The van der Waals surface area contributed by atoms with Crippen LogP contribution in [-0.2, 0) is 7.05 Å². The predicted molar refractivity (Wildman–Crippen MR) is 103 cm³/mol. The van der Waals surface area contributed by atoms with Crippen LogP contribution in [0.2, 0.25) is 0 Å². The summed E-state index contributed by atoms with van der Waals surface area (Å²) in [7, 11) is 1.91. The normalized spacial score (nSPS) is 11.3. The van der Waals surface area contributed by atoms with E-state index in [4.69, 9.17) is 5.10 Å². The molecule has 0 saturated carbocycles. The third-order valence-electron chi connectivity index (χ3n) is 4.72. The summed E-state index contributed by atoms with van der Waals surface area (Å²) in [4.78, 5) is 13.1. The zero-order valence-electron chi connectivity index (χ0n) is 14.9. The van der Waals surface area contributed by atoms with Gasteiger partial charge < -0.3 is 4.57 Å². The molecule has 0 amide bonds. The lowest BCUT2D eigenvalue weighted by Gasteiger charge is -2.13. The van der Waals surface area contributed by atoms with Gasteiger partial charge in [0.15, 0.2) is 0 Å². The quantitative estimate of drug-likeness (QED) is 0.553. The lowest BCUT2D eigenvalue weighted by atomic mass is 10.0. The number of aryl methyl sites for hydroxylation is 1. The Morgan fingerprint density at radius 2 is 1.88 bits per heavy atom. The van der Waals surface area contributed by atoms with Gasteiger partial charge in [0, 0.05) is 28.9 Å². The zero-order chi connectivity index (χ0) is 18.4. The van der Waals surface area contributed by atoms with E-state index >= 15 is 0 Å². The molecule has 26 heavy (non-hydrogen) atoms. The van der Waals surface area contributed by atoms with Crippen LogP contribution in [-0.4, -0.2) is 14.3 Å². The Kier molecular flexibility index (Phi) is 3.62. The van der Waals surface area contributed by atoms with Crippen LogP contribution in [0.15, 0.2) is 53.3 Å². The fourth-order valence-corrected chi connectivity index (χ4v) is 3.48. The van der Waals surface area contributed by atoms with Crippen molar-refractivity contribution in [3.8, 4) is 17.3 Å². The van der Waals surface area contributed by atoms with Crippen LogP contribution in [0.3, 0.4) is 0 Å². The standard InChI is InChI=1S/C21H18N4O/c1-13(2)25-21(26)20-18(16-9-4-5-10-17(16)24(20)3)19(23-25)15-8-6-7-14(11-15)12-22/h4-11,13H,1-3H3. The van der Waals surface area contributed by atoms with Gasteiger partial charge >= 0.3 is 0 Å². The van der Waals surface area contributed by atoms with Gasteiger partial charge in [-0.3, -0.25) is 4.79 Å². The van der Waals surface area contributed by atoms with Crippen molar-refractivity contribution in [2.24, 2.45) is 7.05 Å². The van der Waals surface area contributed by atoms with E-state index in [0.717, 1.165) is 27.5 Å². The summed E-state index contributed by atoms with van der Waals surface area (Å²) < 4.78 is 3.46.